The van der Waals surface area contributed by atoms with Crippen LogP contribution in [0.5, 0.6) is 0 Å². The van der Waals surface area contributed by atoms with Crippen molar-refractivity contribution in [2.45, 2.75) is 26.7 Å². The van der Waals surface area contributed by atoms with Gasteiger partial charge in [0.2, 0.25) is 0 Å². The second kappa shape index (κ2) is 20.5. The first kappa shape index (κ1) is 49.5. The Morgan fingerprint density at radius 3 is 1.14 bits per heavy atom. The molecule has 15 rings (SSSR count). The number of aromatic nitrogens is 4. The SMILES string of the molecule is Cc1cc(C)c(-c2ccc3c(c2)c2cc(C4c5ccccc5-c5ccccc54)ccc2n3-c2c(-c3ccc(-c4ccccc4)cc3)cc(-c3nc(-c4ccccc4)nc(-c4ccccc4)n3)cc2-c2ccc(-c3ccccc3)cc2)c(C)c1. The zero-order valence-corrected chi connectivity index (χ0v) is 46.4. The summed E-state index contributed by atoms with van der Waals surface area (Å²) in [4.78, 5) is 15.9. The van der Waals surface area contributed by atoms with Crippen molar-refractivity contribution in [3.63, 3.8) is 0 Å². The van der Waals surface area contributed by atoms with E-state index in [-0.39, 0.29) is 5.92 Å². The lowest BCUT2D eigenvalue weighted by atomic mass is 9.88. The predicted molar refractivity (Wildman–Crippen MR) is 345 cm³/mol. The lowest BCUT2D eigenvalue weighted by Gasteiger charge is -2.22. The van der Waals surface area contributed by atoms with Gasteiger partial charge in [0.25, 0.3) is 0 Å². The van der Waals surface area contributed by atoms with Gasteiger partial charge in [0.1, 0.15) is 0 Å². The van der Waals surface area contributed by atoms with Crippen LogP contribution in [0.15, 0.2) is 279 Å². The third kappa shape index (κ3) is 8.84. The summed E-state index contributed by atoms with van der Waals surface area (Å²) in [6.07, 6.45) is 0. The van der Waals surface area contributed by atoms with Gasteiger partial charge in [-0.3, -0.25) is 0 Å². The molecule has 0 saturated carbocycles. The number of hydrogen-bond acceptors (Lipinski definition) is 3. The van der Waals surface area contributed by atoms with E-state index in [1.165, 1.54) is 77.5 Å². The highest BCUT2D eigenvalue weighted by Gasteiger charge is 2.31. The number of hydrogen-bond donors (Lipinski definition) is 0. The van der Waals surface area contributed by atoms with Crippen molar-refractivity contribution < 1.29 is 0 Å². The van der Waals surface area contributed by atoms with E-state index in [1.807, 2.05) is 36.4 Å². The van der Waals surface area contributed by atoms with Crippen LogP contribution >= 0.6 is 0 Å². The smallest absolute Gasteiger partial charge is 0.164 e. The molecule has 0 amide bonds. The summed E-state index contributed by atoms with van der Waals surface area (Å²) in [5.41, 5.74) is 27.7. The number of benzene rings is 12. The molecule has 0 N–H and O–H groups in total. The summed E-state index contributed by atoms with van der Waals surface area (Å²) >= 11 is 0. The van der Waals surface area contributed by atoms with Gasteiger partial charge in [0, 0.05) is 44.5 Å². The molecule has 0 saturated heterocycles. The van der Waals surface area contributed by atoms with Crippen molar-refractivity contribution in [2.75, 3.05) is 0 Å². The molecule has 0 unspecified atom stereocenters. The second-order valence-electron chi connectivity index (χ2n) is 22.1. The largest absolute Gasteiger partial charge is 0.308 e. The highest BCUT2D eigenvalue weighted by atomic mass is 15.0. The summed E-state index contributed by atoms with van der Waals surface area (Å²) in [6, 6.07) is 102. The minimum atomic E-state index is 0.0774. The quantitative estimate of drug-likeness (QED) is 0.137. The lowest BCUT2D eigenvalue weighted by Crippen LogP contribution is -2.04. The van der Waals surface area contributed by atoms with Crippen molar-refractivity contribution in [3.05, 3.63) is 312 Å². The van der Waals surface area contributed by atoms with Gasteiger partial charge in [-0.05, 0) is 141 Å². The zero-order chi connectivity index (χ0) is 55.5. The Balaban J connectivity index is 1.05. The number of nitrogens with zero attached hydrogens (tertiary/aromatic N) is 4. The fourth-order valence-electron chi connectivity index (χ4n) is 13.1. The van der Waals surface area contributed by atoms with Crippen LogP contribution in [0.3, 0.4) is 0 Å². The summed E-state index contributed by atoms with van der Waals surface area (Å²) < 4.78 is 2.55. The maximum atomic E-state index is 5.38. The average molecular weight is 1060 g/mol. The Morgan fingerprint density at radius 2 is 0.663 bits per heavy atom. The Morgan fingerprint density at radius 1 is 0.289 bits per heavy atom. The molecule has 1 aliphatic carbocycles. The Kier molecular flexibility index (Phi) is 12.2. The third-order valence-corrected chi connectivity index (χ3v) is 16.8. The Hall–Kier alpha value is -10.6. The zero-order valence-electron chi connectivity index (χ0n) is 46.4. The molecule has 0 radical (unpaired) electrons. The summed E-state index contributed by atoms with van der Waals surface area (Å²) in [5.74, 6) is 1.89. The van der Waals surface area contributed by atoms with Crippen molar-refractivity contribution >= 4 is 21.8 Å². The molecule has 0 spiro atoms. The highest BCUT2D eigenvalue weighted by molar-refractivity contribution is 6.12. The average Bonchev–Trinajstić information content (AvgIpc) is 2.18. The number of rotatable bonds is 10. The molecule has 2 aromatic heterocycles. The van der Waals surface area contributed by atoms with E-state index in [0.29, 0.717) is 17.5 Å². The van der Waals surface area contributed by atoms with E-state index < -0.39 is 0 Å². The molecular weight excluding hydrogens is 1000 g/mol. The number of aryl methyl sites for hydroxylation is 3. The van der Waals surface area contributed by atoms with E-state index in [0.717, 1.165) is 66.8 Å². The first-order valence-corrected chi connectivity index (χ1v) is 28.6. The first-order valence-electron chi connectivity index (χ1n) is 28.6. The molecule has 0 atom stereocenters. The molecule has 14 aromatic rings. The van der Waals surface area contributed by atoms with Crippen molar-refractivity contribution in [1.29, 1.82) is 0 Å². The van der Waals surface area contributed by atoms with Crippen LogP contribution in [0.4, 0.5) is 0 Å². The van der Waals surface area contributed by atoms with Crippen molar-refractivity contribution in [1.82, 2.24) is 19.5 Å². The first-order chi connectivity index (χ1) is 40.9. The van der Waals surface area contributed by atoms with Gasteiger partial charge in [-0.2, -0.15) is 0 Å². The van der Waals surface area contributed by atoms with Crippen molar-refractivity contribution in [3.8, 4) is 107 Å². The van der Waals surface area contributed by atoms with Crippen LogP contribution in [0.25, 0.3) is 128 Å². The minimum absolute atomic E-state index is 0.0774. The minimum Gasteiger partial charge on any atom is -0.308 e. The van der Waals surface area contributed by atoms with E-state index in [1.54, 1.807) is 0 Å². The molecule has 1 aliphatic rings. The number of fused-ring (bicyclic) bond motifs is 6. The fourth-order valence-corrected chi connectivity index (χ4v) is 13.1. The van der Waals surface area contributed by atoms with Gasteiger partial charge >= 0.3 is 0 Å². The fraction of sp³-hybridized carbons (Fsp3) is 0.0506. The van der Waals surface area contributed by atoms with Crippen molar-refractivity contribution in [2.24, 2.45) is 0 Å². The second-order valence-corrected chi connectivity index (χ2v) is 22.1. The molecule has 0 aliphatic heterocycles. The molecule has 83 heavy (non-hydrogen) atoms. The predicted octanol–water partition coefficient (Wildman–Crippen LogP) is 20.4. The van der Waals surface area contributed by atoms with Crippen LogP contribution in [-0.4, -0.2) is 19.5 Å². The summed E-state index contributed by atoms with van der Waals surface area (Å²) in [6.45, 7) is 6.69. The lowest BCUT2D eigenvalue weighted by molar-refractivity contribution is 1.02. The van der Waals surface area contributed by atoms with E-state index in [2.05, 4.69) is 268 Å². The standard InChI is InChI=1S/C79H56N4/c1-50-44-51(2)74(52(3)45-50)61-40-42-72-70(46-61)71-47-62(75-66-30-18-16-28-64(66)65-29-17-19-31-67(65)75)41-43-73(71)83(72)76-68(57-36-32-55(33-37-57)53-20-8-4-9-21-53)48-63(49-69(76)58-38-34-56(35-39-58)54-22-10-5-11-23-54)79-81-77(59-24-12-6-13-25-59)80-78(82-79)60-26-14-7-15-27-60/h4-49,75H,1-3H3. The maximum absolute atomic E-state index is 5.38. The van der Waals surface area contributed by atoms with Gasteiger partial charge in [-0.1, -0.05) is 248 Å². The van der Waals surface area contributed by atoms with Gasteiger partial charge in [-0.15, -0.1) is 0 Å². The summed E-state index contributed by atoms with van der Waals surface area (Å²) in [5, 5.41) is 2.39. The molecule has 4 heteroatoms. The molecule has 12 aromatic carbocycles. The Labute approximate surface area is 484 Å². The molecule has 392 valence electrons. The molecule has 0 fully saturated rings. The van der Waals surface area contributed by atoms with Gasteiger partial charge in [0.05, 0.1) is 16.7 Å². The molecule has 4 nitrogen and oxygen atoms in total. The molecule has 2 heterocycles. The summed E-state index contributed by atoms with van der Waals surface area (Å²) in [7, 11) is 0. The monoisotopic (exact) mass is 1060 g/mol. The van der Waals surface area contributed by atoms with Gasteiger partial charge in [-0.25, -0.2) is 15.0 Å². The topological polar surface area (TPSA) is 43.6 Å². The van der Waals surface area contributed by atoms with E-state index in [9.17, 15) is 0 Å². The van der Waals surface area contributed by atoms with Gasteiger partial charge in [0.15, 0.2) is 17.5 Å². The molecular formula is C79H56N4. The van der Waals surface area contributed by atoms with Crippen LogP contribution < -0.4 is 0 Å². The maximum Gasteiger partial charge on any atom is 0.164 e. The van der Waals surface area contributed by atoms with Crippen LogP contribution in [0.2, 0.25) is 0 Å². The van der Waals surface area contributed by atoms with Crippen LogP contribution in [0.1, 0.15) is 39.3 Å². The van der Waals surface area contributed by atoms with Gasteiger partial charge < -0.3 is 4.57 Å². The van der Waals surface area contributed by atoms with E-state index in [4.69, 9.17) is 15.0 Å². The van der Waals surface area contributed by atoms with E-state index >= 15 is 0 Å². The van der Waals surface area contributed by atoms with Crippen LogP contribution in [-0.2, 0) is 0 Å². The Bertz CT molecular complexity index is 4540. The highest BCUT2D eigenvalue weighted by Crippen LogP contribution is 2.50. The normalized spacial score (nSPS) is 12.0. The molecule has 0 bridgehead atoms. The third-order valence-electron chi connectivity index (χ3n) is 16.8. The van der Waals surface area contributed by atoms with Crippen LogP contribution in [0, 0.1) is 20.8 Å².